The minimum atomic E-state index is -0.726. The fourth-order valence-corrected chi connectivity index (χ4v) is 0.964. The highest BCUT2D eigenvalue weighted by molar-refractivity contribution is 5.72. The van der Waals surface area contributed by atoms with Crippen molar-refractivity contribution in [1.29, 1.82) is 0 Å². The minimum Gasteiger partial charge on any atom is -0.465 e. The summed E-state index contributed by atoms with van der Waals surface area (Å²) >= 11 is 0. The van der Waals surface area contributed by atoms with Crippen molar-refractivity contribution in [2.75, 3.05) is 12.3 Å². The molecule has 0 radical (unpaired) electrons. The molecule has 0 spiro atoms. The topological polar surface area (TPSA) is 65.2 Å². The van der Waals surface area contributed by atoms with Crippen LogP contribution in [0.2, 0.25) is 0 Å². The number of carbonyl (C=O) groups is 1. The van der Waals surface area contributed by atoms with Crippen LogP contribution in [0.4, 0.5) is 10.1 Å². The first kappa shape index (κ1) is 12.0. The van der Waals surface area contributed by atoms with Crippen molar-refractivity contribution in [3.63, 3.8) is 0 Å². The number of hydrogen-bond donors (Lipinski definition) is 1. The van der Waals surface area contributed by atoms with E-state index in [1.54, 1.807) is 6.92 Å². The van der Waals surface area contributed by atoms with Crippen molar-refractivity contribution in [1.82, 2.24) is 4.98 Å². The van der Waals surface area contributed by atoms with Crippen LogP contribution in [0, 0.1) is 17.8 Å². The summed E-state index contributed by atoms with van der Waals surface area (Å²) in [5.74, 6) is 4.12. The Kier molecular flexibility index (Phi) is 4.28. The highest BCUT2D eigenvalue weighted by Gasteiger charge is 1.99. The van der Waals surface area contributed by atoms with Gasteiger partial charge in [0, 0.05) is 11.8 Å². The van der Waals surface area contributed by atoms with Crippen molar-refractivity contribution in [3.05, 3.63) is 23.8 Å². The highest BCUT2D eigenvalue weighted by Crippen LogP contribution is 2.07. The molecule has 0 fully saturated rings. The van der Waals surface area contributed by atoms with Gasteiger partial charge in [-0.25, -0.2) is 4.98 Å². The van der Waals surface area contributed by atoms with Gasteiger partial charge < -0.3 is 10.5 Å². The Labute approximate surface area is 92.6 Å². The van der Waals surface area contributed by atoms with Gasteiger partial charge in [0.25, 0.3) is 0 Å². The van der Waals surface area contributed by atoms with E-state index in [0.29, 0.717) is 12.2 Å². The fraction of sp³-hybridized carbons (Fsp3) is 0.273. The maximum atomic E-state index is 12.7. The van der Waals surface area contributed by atoms with Gasteiger partial charge in [0.1, 0.15) is 6.42 Å². The standard InChI is InChI=1S/C11H11FN2O2/c1-2-16-10(15)5-3-4-8-6-9(13)11(12)14-7-8/h6-7H,2,5,13H2,1H3. The second-order valence-electron chi connectivity index (χ2n) is 2.89. The molecule has 0 aromatic carbocycles. The predicted octanol–water partition coefficient (Wildman–Crippen LogP) is 1.11. The molecule has 0 saturated carbocycles. The monoisotopic (exact) mass is 222 g/mol. The number of aromatic nitrogens is 1. The summed E-state index contributed by atoms with van der Waals surface area (Å²) in [7, 11) is 0. The number of carbonyl (C=O) groups excluding carboxylic acids is 1. The van der Waals surface area contributed by atoms with E-state index in [1.807, 2.05) is 0 Å². The Bertz CT molecular complexity index is 449. The summed E-state index contributed by atoms with van der Waals surface area (Å²) in [6.45, 7) is 2.04. The SMILES string of the molecule is CCOC(=O)CC#Cc1cnc(F)c(N)c1. The quantitative estimate of drug-likeness (QED) is 0.462. The normalized spacial score (nSPS) is 9.12. The van der Waals surface area contributed by atoms with Gasteiger partial charge in [-0.3, -0.25) is 4.79 Å². The van der Waals surface area contributed by atoms with E-state index in [0.717, 1.165) is 0 Å². The van der Waals surface area contributed by atoms with Crippen LogP contribution in [0.1, 0.15) is 18.9 Å². The largest absolute Gasteiger partial charge is 0.465 e. The number of esters is 1. The molecule has 1 aromatic heterocycles. The summed E-state index contributed by atoms with van der Waals surface area (Å²) in [4.78, 5) is 14.3. The number of nitrogens with two attached hydrogens (primary N) is 1. The predicted molar refractivity (Wildman–Crippen MR) is 56.7 cm³/mol. The van der Waals surface area contributed by atoms with E-state index in [2.05, 4.69) is 21.6 Å². The van der Waals surface area contributed by atoms with Gasteiger partial charge in [0.05, 0.1) is 12.3 Å². The molecule has 1 aromatic rings. The number of pyridine rings is 1. The number of hydrogen-bond acceptors (Lipinski definition) is 4. The van der Waals surface area contributed by atoms with Crippen molar-refractivity contribution < 1.29 is 13.9 Å². The fourth-order valence-electron chi connectivity index (χ4n) is 0.964. The molecular formula is C11H11FN2O2. The third kappa shape index (κ3) is 3.58. The van der Waals surface area contributed by atoms with E-state index >= 15 is 0 Å². The van der Waals surface area contributed by atoms with Crippen LogP contribution in [0.25, 0.3) is 0 Å². The van der Waals surface area contributed by atoms with E-state index in [-0.39, 0.29) is 12.1 Å². The molecule has 0 aliphatic heterocycles. The third-order valence-corrected chi connectivity index (χ3v) is 1.64. The molecule has 0 atom stereocenters. The second kappa shape index (κ2) is 5.71. The third-order valence-electron chi connectivity index (χ3n) is 1.64. The van der Waals surface area contributed by atoms with Gasteiger partial charge in [0.15, 0.2) is 0 Å². The molecule has 4 nitrogen and oxygen atoms in total. The van der Waals surface area contributed by atoms with Gasteiger partial charge in [-0.05, 0) is 13.0 Å². The Morgan fingerprint density at radius 2 is 2.44 bits per heavy atom. The molecule has 2 N–H and O–H groups in total. The molecule has 5 heteroatoms. The summed E-state index contributed by atoms with van der Waals surface area (Å²) in [5.41, 5.74) is 5.70. The molecule has 0 saturated heterocycles. The van der Waals surface area contributed by atoms with Crippen LogP contribution in [-0.2, 0) is 9.53 Å². The zero-order valence-electron chi connectivity index (χ0n) is 8.79. The number of rotatable bonds is 2. The molecule has 16 heavy (non-hydrogen) atoms. The van der Waals surface area contributed by atoms with Crippen LogP contribution in [0.3, 0.4) is 0 Å². The first-order chi connectivity index (χ1) is 7.63. The summed E-state index contributed by atoms with van der Waals surface area (Å²) in [6.07, 6.45) is 1.25. The Balaban J connectivity index is 2.63. The summed E-state index contributed by atoms with van der Waals surface area (Å²) < 4.78 is 17.4. The lowest BCUT2D eigenvalue weighted by atomic mass is 10.2. The van der Waals surface area contributed by atoms with Crippen LogP contribution < -0.4 is 5.73 Å². The zero-order chi connectivity index (χ0) is 12.0. The number of nitrogen functional groups attached to an aromatic ring is 1. The zero-order valence-corrected chi connectivity index (χ0v) is 8.79. The Hall–Kier alpha value is -2.09. The van der Waals surface area contributed by atoms with E-state index in [1.165, 1.54) is 12.3 Å². The van der Waals surface area contributed by atoms with Crippen LogP contribution in [-0.4, -0.2) is 17.6 Å². The van der Waals surface area contributed by atoms with E-state index in [4.69, 9.17) is 5.73 Å². The maximum Gasteiger partial charge on any atom is 0.317 e. The Morgan fingerprint density at radius 1 is 1.69 bits per heavy atom. The maximum absolute atomic E-state index is 12.7. The number of ether oxygens (including phenoxy) is 1. The average molecular weight is 222 g/mol. The van der Waals surface area contributed by atoms with E-state index < -0.39 is 11.9 Å². The van der Waals surface area contributed by atoms with Gasteiger partial charge in [-0.1, -0.05) is 11.8 Å². The molecule has 0 unspecified atom stereocenters. The van der Waals surface area contributed by atoms with Crippen molar-refractivity contribution in [2.45, 2.75) is 13.3 Å². The lowest BCUT2D eigenvalue weighted by molar-refractivity contribution is -0.141. The molecule has 1 heterocycles. The molecule has 0 aliphatic carbocycles. The van der Waals surface area contributed by atoms with Crippen LogP contribution in [0.5, 0.6) is 0 Å². The van der Waals surface area contributed by atoms with Gasteiger partial charge in [0.2, 0.25) is 5.95 Å². The lowest BCUT2D eigenvalue weighted by Crippen LogP contribution is -2.01. The van der Waals surface area contributed by atoms with Gasteiger partial charge in [-0.15, -0.1) is 0 Å². The van der Waals surface area contributed by atoms with Crippen molar-refractivity contribution >= 4 is 11.7 Å². The molecule has 0 aliphatic rings. The summed E-state index contributed by atoms with van der Waals surface area (Å²) in [5, 5.41) is 0. The van der Waals surface area contributed by atoms with Gasteiger partial charge in [-0.2, -0.15) is 4.39 Å². The smallest absolute Gasteiger partial charge is 0.317 e. The molecule has 1 rings (SSSR count). The second-order valence-corrected chi connectivity index (χ2v) is 2.89. The minimum absolute atomic E-state index is 0.00881. The van der Waals surface area contributed by atoms with Crippen molar-refractivity contribution in [3.8, 4) is 11.8 Å². The van der Waals surface area contributed by atoms with Gasteiger partial charge >= 0.3 is 5.97 Å². The van der Waals surface area contributed by atoms with Crippen molar-refractivity contribution in [2.24, 2.45) is 0 Å². The average Bonchev–Trinajstić information content (AvgIpc) is 2.24. The molecular weight excluding hydrogens is 211 g/mol. The number of halogens is 1. The molecule has 0 bridgehead atoms. The number of nitrogens with zero attached hydrogens (tertiary/aromatic N) is 1. The molecule has 84 valence electrons. The first-order valence-corrected chi connectivity index (χ1v) is 4.69. The van der Waals surface area contributed by atoms with Crippen LogP contribution in [0.15, 0.2) is 12.3 Å². The summed E-state index contributed by atoms with van der Waals surface area (Å²) in [6, 6.07) is 1.36. The molecule has 0 amide bonds. The first-order valence-electron chi connectivity index (χ1n) is 4.69. The lowest BCUT2D eigenvalue weighted by Gasteiger charge is -1.96. The number of anilines is 1. The highest BCUT2D eigenvalue weighted by atomic mass is 19.1. The Morgan fingerprint density at radius 3 is 3.06 bits per heavy atom. The van der Waals surface area contributed by atoms with Crippen LogP contribution >= 0.6 is 0 Å². The van der Waals surface area contributed by atoms with E-state index in [9.17, 15) is 9.18 Å².